The maximum absolute atomic E-state index is 11.9. The van der Waals surface area contributed by atoms with Crippen molar-refractivity contribution in [1.29, 1.82) is 0 Å². The van der Waals surface area contributed by atoms with Gasteiger partial charge in [0, 0.05) is 25.0 Å². The van der Waals surface area contributed by atoms with Crippen LogP contribution < -0.4 is 5.73 Å². The van der Waals surface area contributed by atoms with Crippen molar-refractivity contribution >= 4 is 5.91 Å². The van der Waals surface area contributed by atoms with Crippen molar-refractivity contribution in [2.75, 3.05) is 6.54 Å². The third-order valence-electron chi connectivity index (χ3n) is 3.17. The molecule has 0 aromatic carbocycles. The number of nitrogens with zero attached hydrogens (tertiary/aromatic N) is 1. The lowest BCUT2D eigenvalue weighted by molar-refractivity contribution is -0.134. The predicted molar refractivity (Wildman–Crippen MR) is 62.5 cm³/mol. The van der Waals surface area contributed by atoms with Crippen molar-refractivity contribution in [3.8, 4) is 0 Å². The Morgan fingerprint density at radius 3 is 2.87 bits per heavy atom. The van der Waals surface area contributed by atoms with Gasteiger partial charge in [-0.15, -0.1) is 0 Å². The number of hydrogen-bond donors (Lipinski definition) is 1. The highest BCUT2D eigenvalue weighted by molar-refractivity contribution is 5.76. The second-order valence-corrected chi connectivity index (χ2v) is 4.80. The van der Waals surface area contributed by atoms with Crippen molar-refractivity contribution in [1.82, 2.24) is 4.90 Å². The summed E-state index contributed by atoms with van der Waals surface area (Å²) < 4.78 is 0. The summed E-state index contributed by atoms with van der Waals surface area (Å²) in [4.78, 5) is 13.9. The Kier molecular flexibility index (Phi) is 5.09. The van der Waals surface area contributed by atoms with E-state index < -0.39 is 0 Å². The normalized spacial score (nSPS) is 23.9. The van der Waals surface area contributed by atoms with Gasteiger partial charge in [-0.2, -0.15) is 0 Å². The zero-order valence-electron chi connectivity index (χ0n) is 10.0. The minimum absolute atomic E-state index is 0.219. The number of hydrogen-bond acceptors (Lipinski definition) is 2. The van der Waals surface area contributed by atoms with E-state index in [1.54, 1.807) is 0 Å². The van der Waals surface area contributed by atoms with E-state index in [1.165, 1.54) is 19.3 Å². The maximum atomic E-state index is 11.9. The topological polar surface area (TPSA) is 46.3 Å². The van der Waals surface area contributed by atoms with E-state index in [9.17, 15) is 4.79 Å². The highest BCUT2D eigenvalue weighted by Gasteiger charge is 2.22. The van der Waals surface area contributed by atoms with Crippen LogP contribution in [0.1, 0.15) is 52.4 Å². The summed E-state index contributed by atoms with van der Waals surface area (Å²) in [5, 5.41) is 0. The Morgan fingerprint density at radius 2 is 2.27 bits per heavy atom. The third-order valence-corrected chi connectivity index (χ3v) is 3.17. The lowest BCUT2D eigenvalue weighted by Crippen LogP contribution is -2.41. The van der Waals surface area contributed by atoms with Crippen molar-refractivity contribution in [2.24, 2.45) is 5.73 Å². The van der Waals surface area contributed by atoms with Crippen LogP contribution in [0.2, 0.25) is 0 Å². The van der Waals surface area contributed by atoms with Gasteiger partial charge >= 0.3 is 0 Å². The average molecular weight is 212 g/mol. The van der Waals surface area contributed by atoms with Gasteiger partial charge < -0.3 is 10.6 Å². The minimum Gasteiger partial charge on any atom is -0.340 e. The van der Waals surface area contributed by atoms with Crippen LogP contribution in [0, 0.1) is 0 Å². The molecule has 0 radical (unpaired) electrons. The molecule has 0 spiro atoms. The van der Waals surface area contributed by atoms with Gasteiger partial charge in [-0.1, -0.05) is 0 Å². The van der Waals surface area contributed by atoms with E-state index in [0.29, 0.717) is 18.4 Å². The molecule has 3 nitrogen and oxygen atoms in total. The first-order valence-corrected chi connectivity index (χ1v) is 6.16. The molecular formula is C12H24N2O. The molecular weight excluding hydrogens is 188 g/mol. The van der Waals surface area contributed by atoms with Crippen LogP contribution in [0.15, 0.2) is 0 Å². The highest BCUT2D eigenvalue weighted by Crippen LogP contribution is 2.17. The van der Waals surface area contributed by atoms with Crippen LogP contribution in [0.4, 0.5) is 0 Å². The van der Waals surface area contributed by atoms with Gasteiger partial charge in [0.15, 0.2) is 0 Å². The standard InChI is InChI=1S/C12H24N2O/c1-10(13)6-5-8-12(15)14-9-4-3-7-11(14)2/h10-11H,3-9,13H2,1-2H3. The predicted octanol–water partition coefficient (Wildman–Crippen LogP) is 1.90. The molecule has 0 aliphatic carbocycles. The second-order valence-electron chi connectivity index (χ2n) is 4.80. The smallest absolute Gasteiger partial charge is 0.222 e. The van der Waals surface area contributed by atoms with E-state index >= 15 is 0 Å². The summed E-state index contributed by atoms with van der Waals surface area (Å²) in [7, 11) is 0. The summed E-state index contributed by atoms with van der Waals surface area (Å²) in [6.45, 7) is 5.11. The third kappa shape index (κ3) is 4.20. The minimum atomic E-state index is 0.219. The fraction of sp³-hybridized carbons (Fsp3) is 0.917. The number of carbonyl (C=O) groups is 1. The number of amides is 1. The monoisotopic (exact) mass is 212 g/mol. The lowest BCUT2D eigenvalue weighted by Gasteiger charge is -2.33. The fourth-order valence-electron chi connectivity index (χ4n) is 2.19. The first-order chi connectivity index (χ1) is 7.11. The Hall–Kier alpha value is -0.570. The molecule has 1 fully saturated rings. The summed E-state index contributed by atoms with van der Waals surface area (Å²) in [6, 6.07) is 0.665. The quantitative estimate of drug-likeness (QED) is 0.773. The highest BCUT2D eigenvalue weighted by atomic mass is 16.2. The summed E-state index contributed by atoms with van der Waals surface area (Å²) in [5.41, 5.74) is 5.66. The van der Waals surface area contributed by atoms with Gasteiger partial charge in [-0.25, -0.2) is 0 Å². The largest absolute Gasteiger partial charge is 0.340 e. The Morgan fingerprint density at radius 1 is 1.53 bits per heavy atom. The molecule has 2 unspecified atom stereocenters. The van der Waals surface area contributed by atoms with E-state index in [0.717, 1.165) is 19.4 Å². The molecule has 1 aliphatic rings. The molecule has 0 aromatic rings. The second kappa shape index (κ2) is 6.11. The average Bonchev–Trinajstić information content (AvgIpc) is 2.17. The molecule has 0 saturated carbocycles. The van der Waals surface area contributed by atoms with Crippen molar-refractivity contribution < 1.29 is 4.79 Å². The van der Waals surface area contributed by atoms with Gasteiger partial charge in [0.25, 0.3) is 0 Å². The van der Waals surface area contributed by atoms with E-state index in [1.807, 2.05) is 11.8 Å². The molecule has 2 atom stereocenters. The van der Waals surface area contributed by atoms with E-state index in [2.05, 4.69) is 6.92 Å². The molecule has 3 heteroatoms. The number of nitrogens with two attached hydrogens (primary N) is 1. The first kappa shape index (κ1) is 12.5. The van der Waals surface area contributed by atoms with Crippen molar-refractivity contribution in [3.63, 3.8) is 0 Å². The molecule has 0 bridgehead atoms. The van der Waals surface area contributed by atoms with Crippen LogP contribution in [0.25, 0.3) is 0 Å². The lowest BCUT2D eigenvalue weighted by atomic mass is 10.0. The molecule has 2 N–H and O–H groups in total. The molecule has 1 amide bonds. The number of piperidine rings is 1. The zero-order valence-corrected chi connectivity index (χ0v) is 10.0. The number of likely N-dealkylation sites (tertiary alicyclic amines) is 1. The van der Waals surface area contributed by atoms with Gasteiger partial charge in [-0.05, 0) is 46.0 Å². The molecule has 1 heterocycles. The first-order valence-electron chi connectivity index (χ1n) is 6.16. The van der Waals surface area contributed by atoms with Gasteiger partial charge in [-0.3, -0.25) is 4.79 Å². The van der Waals surface area contributed by atoms with E-state index in [4.69, 9.17) is 5.73 Å². The fourth-order valence-corrected chi connectivity index (χ4v) is 2.19. The Balaban J connectivity index is 2.26. The molecule has 1 aliphatic heterocycles. The van der Waals surface area contributed by atoms with Crippen LogP contribution in [0.5, 0.6) is 0 Å². The number of rotatable bonds is 4. The van der Waals surface area contributed by atoms with Crippen LogP contribution in [0.3, 0.4) is 0 Å². The molecule has 1 saturated heterocycles. The molecule has 1 rings (SSSR count). The van der Waals surface area contributed by atoms with Gasteiger partial charge in [0.05, 0.1) is 0 Å². The van der Waals surface area contributed by atoms with Crippen molar-refractivity contribution in [2.45, 2.75) is 64.5 Å². The van der Waals surface area contributed by atoms with E-state index in [-0.39, 0.29) is 6.04 Å². The summed E-state index contributed by atoms with van der Waals surface area (Å²) >= 11 is 0. The molecule has 15 heavy (non-hydrogen) atoms. The molecule has 0 aromatic heterocycles. The molecule has 88 valence electrons. The van der Waals surface area contributed by atoms with Crippen LogP contribution in [-0.4, -0.2) is 29.4 Å². The zero-order chi connectivity index (χ0) is 11.3. The van der Waals surface area contributed by atoms with Crippen LogP contribution >= 0.6 is 0 Å². The summed E-state index contributed by atoms with van der Waals surface area (Å²) in [6.07, 6.45) is 6.16. The Labute approximate surface area is 93.0 Å². The maximum Gasteiger partial charge on any atom is 0.222 e. The van der Waals surface area contributed by atoms with Crippen LogP contribution in [-0.2, 0) is 4.79 Å². The Bertz CT molecular complexity index is 204. The van der Waals surface area contributed by atoms with Gasteiger partial charge in [0.2, 0.25) is 5.91 Å². The van der Waals surface area contributed by atoms with Crippen molar-refractivity contribution in [3.05, 3.63) is 0 Å². The SMILES string of the molecule is CC(N)CCCC(=O)N1CCCCC1C. The number of carbonyl (C=O) groups excluding carboxylic acids is 1. The summed E-state index contributed by atoms with van der Waals surface area (Å²) in [5.74, 6) is 0.322. The van der Waals surface area contributed by atoms with Gasteiger partial charge in [0.1, 0.15) is 0 Å².